The van der Waals surface area contributed by atoms with E-state index < -0.39 is 0 Å². The molecule has 0 radical (unpaired) electrons. The lowest BCUT2D eigenvalue weighted by molar-refractivity contribution is 0.185. The fourth-order valence-electron chi connectivity index (χ4n) is 2.50. The number of ether oxygens (including phenoxy) is 1. The van der Waals surface area contributed by atoms with Crippen molar-refractivity contribution in [1.29, 1.82) is 0 Å². The zero-order chi connectivity index (χ0) is 11.4. The van der Waals surface area contributed by atoms with Crippen LogP contribution in [0.2, 0.25) is 0 Å². The zero-order valence-electron chi connectivity index (χ0n) is 10.2. The molecule has 1 N–H and O–H groups in total. The molecule has 0 aliphatic heterocycles. The van der Waals surface area contributed by atoms with E-state index in [0.717, 1.165) is 5.92 Å². The Morgan fingerprint density at radius 3 is 2.81 bits per heavy atom. The summed E-state index contributed by atoms with van der Waals surface area (Å²) in [6, 6.07) is 9.08. The number of para-hydroxylation sites is 1. The summed E-state index contributed by atoms with van der Waals surface area (Å²) in [6.07, 6.45) is 3.94. The minimum atomic E-state index is 0.646. The predicted molar refractivity (Wildman–Crippen MR) is 67.6 cm³/mol. The molecule has 1 aromatic rings. The Morgan fingerprint density at radius 2 is 2.12 bits per heavy atom. The monoisotopic (exact) mass is 219 g/mol. The van der Waals surface area contributed by atoms with Gasteiger partial charge in [-0.15, -0.1) is 0 Å². The molecule has 1 saturated carbocycles. The first-order chi connectivity index (χ1) is 7.79. The molecule has 1 aliphatic carbocycles. The topological polar surface area (TPSA) is 21.3 Å². The van der Waals surface area contributed by atoms with E-state index >= 15 is 0 Å². The Bertz CT molecular complexity index is 337. The number of anilines is 1. The van der Waals surface area contributed by atoms with Crippen molar-refractivity contribution in [2.24, 2.45) is 5.92 Å². The first-order valence-electron chi connectivity index (χ1n) is 6.13. The molecule has 16 heavy (non-hydrogen) atoms. The van der Waals surface area contributed by atoms with Gasteiger partial charge in [-0.25, -0.2) is 0 Å². The van der Waals surface area contributed by atoms with Crippen molar-refractivity contribution in [2.45, 2.75) is 38.8 Å². The maximum atomic E-state index is 5.21. The fraction of sp³-hybridized carbons (Fsp3) is 0.571. The van der Waals surface area contributed by atoms with Gasteiger partial charge in [-0.1, -0.05) is 25.1 Å². The van der Waals surface area contributed by atoms with Crippen LogP contribution in [0.4, 0.5) is 5.69 Å². The van der Waals surface area contributed by atoms with Crippen LogP contribution in [0.5, 0.6) is 0 Å². The summed E-state index contributed by atoms with van der Waals surface area (Å²) in [5.74, 6) is 0.868. The van der Waals surface area contributed by atoms with Crippen molar-refractivity contribution in [3.8, 4) is 0 Å². The third-order valence-electron chi connectivity index (χ3n) is 3.37. The minimum Gasteiger partial charge on any atom is -0.382 e. The third kappa shape index (κ3) is 2.76. The van der Waals surface area contributed by atoms with E-state index in [0.29, 0.717) is 12.6 Å². The molecule has 1 aliphatic rings. The maximum absolute atomic E-state index is 5.21. The number of hydrogen-bond donors (Lipinski definition) is 1. The van der Waals surface area contributed by atoms with Crippen molar-refractivity contribution < 1.29 is 4.74 Å². The summed E-state index contributed by atoms with van der Waals surface area (Å²) in [5, 5.41) is 3.64. The van der Waals surface area contributed by atoms with Gasteiger partial charge in [0.05, 0.1) is 6.61 Å². The molecule has 0 heterocycles. The number of benzene rings is 1. The Kier molecular flexibility index (Phi) is 3.83. The van der Waals surface area contributed by atoms with E-state index in [1.165, 1.54) is 30.5 Å². The molecule has 2 heteroatoms. The van der Waals surface area contributed by atoms with Crippen LogP contribution in [-0.2, 0) is 11.3 Å². The predicted octanol–water partition coefficient (Wildman–Crippen LogP) is 3.43. The maximum Gasteiger partial charge on any atom is 0.0733 e. The van der Waals surface area contributed by atoms with E-state index in [1.54, 1.807) is 7.11 Å². The molecule has 1 aromatic carbocycles. The Hall–Kier alpha value is -1.02. The number of methoxy groups -OCH3 is 1. The van der Waals surface area contributed by atoms with Crippen molar-refractivity contribution in [3.63, 3.8) is 0 Å². The SMILES string of the molecule is COCc1ccccc1NC1CCC(C)C1. The smallest absolute Gasteiger partial charge is 0.0733 e. The summed E-state index contributed by atoms with van der Waals surface area (Å²) >= 11 is 0. The van der Waals surface area contributed by atoms with Gasteiger partial charge in [0.15, 0.2) is 0 Å². The molecule has 2 atom stereocenters. The molecule has 0 saturated heterocycles. The molecule has 2 unspecified atom stereocenters. The molecule has 1 fully saturated rings. The van der Waals surface area contributed by atoms with Crippen molar-refractivity contribution in [2.75, 3.05) is 12.4 Å². The van der Waals surface area contributed by atoms with Crippen LogP contribution in [0.3, 0.4) is 0 Å². The molecular weight excluding hydrogens is 198 g/mol. The van der Waals surface area contributed by atoms with Crippen LogP contribution in [0.25, 0.3) is 0 Å². The molecule has 2 nitrogen and oxygen atoms in total. The van der Waals surface area contributed by atoms with Crippen molar-refractivity contribution >= 4 is 5.69 Å². The quantitative estimate of drug-likeness (QED) is 0.837. The highest BCUT2D eigenvalue weighted by Crippen LogP contribution is 2.28. The fourth-order valence-corrected chi connectivity index (χ4v) is 2.50. The largest absolute Gasteiger partial charge is 0.382 e. The van der Waals surface area contributed by atoms with E-state index in [4.69, 9.17) is 4.74 Å². The van der Waals surface area contributed by atoms with Crippen molar-refractivity contribution in [1.82, 2.24) is 0 Å². The molecule has 0 amide bonds. The van der Waals surface area contributed by atoms with Crippen LogP contribution in [0.15, 0.2) is 24.3 Å². The Balaban J connectivity index is 2.02. The van der Waals surface area contributed by atoms with E-state index in [1.807, 2.05) is 0 Å². The third-order valence-corrected chi connectivity index (χ3v) is 3.37. The summed E-state index contributed by atoms with van der Waals surface area (Å²) < 4.78 is 5.21. The highest BCUT2D eigenvalue weighted by molar-refractivity contribution is 5.51. The van der Waals surface area contributed by atoms with Gasteiger partial charge in [0.2, 0.25) is 0 Å². The second-order valence-electron chi connectivity index (χ2n) is 4.85. The van der Waals surface area contributed by atoms with Crippen LogP contribution in [0.1, 0.15) is 31.7 Å². The summed E-state index contributed by atoms with van der Waals surface area (Å²) in [5.41, 5.74) is 2.49. The molecule has 0 bridgehead atoms. The minimum absolute atomic E-state index is 0.646. The highest BCUT2D eigenvalue weighted by atomic mass is 16.5. The molecule has 0 aromatic heterocycles. The van der Waals surface area contributed by atoms with Crippen LogP contribution < -0.4 is 5.32 Å². The van der Waals surface area contributed by atoms with Gasteiger partial charge >= 0.3 is 0 Å². The normalized spacial score (nSPS) is 24.6. The molecule has 88 valence electrons. The first kappa shape index (κ1) is 11.5. The number of hydrogen-bond acceptors (Lipinski definition) is 2. The summed E-state index contributed by atoms with van der Waals surface area (Å²) in [7, 11) is 1.74. The van der Waals surface area contributed by atoms with Gasteiger partial charge in [0, 0.05) is 24.4 Å². The average molecular weight is 219 g/mol. The standard InChI is InChI=1S/C14H21NO/c1-11-7-8-13(9-11)15-14-6-4-3-5-12(14)10-16-2/h3-6,11,13,15H,7-10H2,1-2H3. The van der Waals surface area contributed by atoms with E-state index in [9.17, 15) is 0 Å². The van der Waals surface area contributed by atoms with Crippen molar-refractivity contribution in [3.05, 3.63) is 29.8 Å². The summed E-state index contributed by atoms with van der Waals surface area (Å²) in [6.45, 7) is 3.02. The zero-order valence-corrected chi connectivity index (χ0v) is 10.2. The second-order valence-corrected chi connectivity index (χ2v) is 4.85. The lowest BCUT2D eigenvalue weighted by Crippen LogP contribution is -2.16. The summed E-state index contributed by atoms with van der Waals surface area (Å²) in [4.78, 5) is 0. The number of nitrogens with one attached hydrogen (secondary N) is 1. The lowest BCUT2D eigenvalue weighted by atomic mass is 10.1. The number of rotatable bonds is 4. The molecular formula is C14H21NO. The van der Waals surface area contributed by atoms with Gasteiger partial charge in [-0.2, -0.15) is 0 Å². The Morgan fingerprint density at radius 1 is 1.31 bits per heavy atom. The Labute approximate surface area is 98.0 Å². The lowest BCUT2D eigenvalue weighted by Gasteiger charge is -2.17. The van der Waals surface area contributed by atoms with Gasteiger partial charge in [-0.3, -0.25) is 0 Å². The van der Waals surface area contributed by atoms with Gasteiger partial charge in [0.25, 0.3) is 0 Å². The van der Waals surface area contributed by atoms with Crippen LogP contribution >= 0.6 is 0 Å². The van der Waals surface area contributed by atoms with Gasteiger partial charge < -0.3 is 10.1 Å². The van der Waals surface area contributed by atoms with Crippen LogP contribution in [-0.4, -0.2) is 13.2 Å². The molecule has 2 rings (SSSR count). The second kappa shape index (κ2) is 5.35. The highest BCUT2D eigenvalue weighted by Gasteiger charge is 2.21. The first-order valence-corrected chi connectivity index (χ1v) is 6.13. The molecule has 0 spiro atoms. The van der Waals surface area contributed by atoms with Gasteiger partial charge in [-0.05, 0) is 31.2 Å². The van der Waals surface area contributed by atoms with Gasteiger partial charge in [0.1, 0.15) is 0 Å². The van der Waals surface area contributed by atoms with E-state index in [2.05, 4.69) is 36.5 Å². The van der Waals surface area contributed by atoms with E-state index in [-0.39, 0.29) is 0 Å². The average Bonchev–Trinajstić information content (AvgIpc) is 2.67. The van der Waals surface area contributed by atoms with Crippen LogP contribution in [0, 0.1) is 5.92 Å².